The van der Waals surface area contributed by atoms with E-state index in [1.54, 1.807) is 17.0 Å². The van der Waals surface area contributed by atoms with Crippen LogP contribution in [-0.4, -0.2) is 54.4 Å². The Labute approximate surface area is 201 Å². The predicted octanol–water partition coefficient (Wildman–Crippen LogP) is 3.40. The molecule has 1 unspecified atom stereocenters. The zero-order valence-electron chi connectivity index (χ0n) is 19.7. The van der Waals surface area contributed by atoms with E-state index in [1.165, 1.54) is 30.7 Å². The number of nitrogens with one attached hydrogen (secondary N) is 2. The summed E-state index contributed by atoms with van der Waals surface area (Å²) < 4.78 is 15.0. The number of likely N-dealkylation sites (tertiary alicyclic amines) is 1. The van der Waals surface area contributed by atoms with Gasteiger partial charge in [-0.25, -0.2) is 9.37 Å². The van der Waals surface area contributed by atoms with Gasteiger partial charge in [-0.15, -0.1) is 0 Å². The molecule has 0 spiro atoms. The molecule has 1 fully saturated rings. The number of piperidine rings is 1. The monoisotopic (exact) mass is 477 g/mol. The number of halogens is 1. The number of carbonyl (C=O) groups is 1. The Morgan fingerprint density at radius 3 is 2.66 bits per heavy atom. The second kappa shape index (κ2) is 8.81. The number of aromatic amines is 2. The van der Waals surface area contributed by atoms with E-state index < -0.39 is 5.60 Å². The lowest BCUT2D eigenvalue weighted by Crippen LogP contribution is -2.49. The first-order chi connectivity index (χ1) is 16.7. The lowest BCUT2D eigenvalue weighted by Gasteiger charge is -2.35. The second-order valence-corrected chi connectivity index (χ2v) is 9.71. The van der Waals surface area contributed by atoms with Gasteiger partial charge in [-0.05, 0) is 75.4 Å². The minimum absolute atomic E-state index is 0.0434. The molecule has 4 aromatic rings. The third-order valence-electron chi connectivity index (χ3n) is 6.53. The average molecular weight is 478 g/mol. The van der Waals surface area contributed by atoms with E-state index in [4.69, 9.17) is 0 Å². The van der Waals surface area contributed by atoms with E-state index in [9.17, 15) is 19.1 Å². The van der Waals surface area contributed by atoms with Gasteiger partial charge >= 0.3 is 0 Å². The number of imidazole rings is 1. The molecule has 9 heteroatoms. The fourth-order valence-electron chi connectivity index (χ4n) is 4.80. The van der Waals surface area contributed by atoms with Crippen LogP contribution in [0.1, 0.15) is 32.3 Å². The van der Waals surface area contributed by atoms with E-state index in [1.807, 2.05) is 24.3 Å². The van der Waals surface area contributed by atoms with Crippen LogP contribution in [0, 0.1) is 11.7 Å². The van der Waals surface area contributed by atoms with Crippen molar-refractivity contribution >= 4 is 16.9 Å². The Kier molecular flexibility index (Phi) is 5.80. The number of para-hydroxylation sites is 2. The maximum absolute atomic E-state index is 13.6. The maximum atomic E-state index is 13.6. The molecular formula is C26H28FN5O3. The number of fused-ring (bicyclic) bond motifs is 1. The quantitative estimate of drug-likeness (QED) is 0.410. The molecule has 35 heavy (non-hydrogen) atoms. The third kappa shape index (κ3) is 4.51. The minimum Gasteiger partial charge on any atom is -0.381 e. The van der Waals surface area contributed by atoms with E-state index in [2.05, 4.69) is 15.1 Å². The summed E-state index contributed by atoms with van der Waals surface area (Å²) in [5.41, 5.74) is 1.70. The van der Waals surface area contributed by atoms with Crippen LogP contribution < -0.4 is 5.56 Å². The number of nitrogens with zero attached hydrogens (tertiary/aromatic N) is 3. The van der Waals surface area contributed by atoms with Crippen LogP contribution in [0.4, 0.5) is 4.39 Å². The van der Waals surface area contributed by atoms with Crippen molar-refractivity contribution in [3.63, 3.8) is 0 Å². The summed E-state index contributed by atoms with van der Waals surface area (Å²) in [4.78, 5) is 35.7. The van der Waals surface area contributed by atoms with Crippen molar-refractivity contribution in [2.75, 3.05) is 13.1 Å². The van der Waals surface area contributed by atoms with Gasteiger partial charge in [0.1, 0.15) is 11.4 Å². The Morgan fingerprint density at radius 1 is 1.20 bits per heavy atom. The number of H-pyrrole nitrogens is 2. The topological polar surface area (TPSA) is 107 Å². The molecule has 2 aromatic heterocycles. The molecule has 3 heterocycles. The standard InChI is InChI=1S/C26H28FN5O3/c1-26(2,35)24(34)31-13-5-6-16(15-31)14-19-22(17-9-11-18(27)12-10-17)30-32(23(19)33)25-28-20-7-3-4-8-21(20)29-25/h3-4,7-12,16,30,35H,5-6,13-15H2,1-2H3,(H,28,29). The Hall–Kier alpha value is -3.72. The maximum Gasteiger partial charge on any atom is 0.277 e. The summed E-state index contributed by atoms with van der Waals surface area (Å²) >= 11 is 0. The molecule has 0 bridgehead atoms. The smallest absolute Gasteiger partial charge is 0.277 e. The van der Waals surface area contributed by atoms with E-state index in [-0.39, 0.29) is 23.2 Å². The summed E-state index contributed by atoms with van der Waals surface area (Å²) in [6.45, 7) is 4.02. The molecule has 5 rings (SSSR count). The Balaban J connectivity index is 1.53. The summed E-state index contributed by atoms with van der Waals surface area (Å²) in [5.74, 6) is -0.257. The lowest BCUT2D eigenvalue weighted by atomic mass is 9.89. The van der Waals surface area contributed by atoms with Crippen molar-refractivity contribution in [3.05, 3.63) is 70.3 Å². The highest BCUT2D eigenvalue weighted by Gasteiger charge is 2.33. The Bertz CT molecular complexity index is 1390. The number of amides is 1. The van der Waals surface area contributed by atoms with Gasteiger partial charge in [0.25, 0.3) is 11.5 Å². The number of hydrogen-bond donors (Lipinski definition) is 3. The highest BCUT2D eigenvalue weighted by molar-refractivity contribution is 5.84. The van der Waals surface area contributed by atoms with Gasteiger partial charge in [-0.3, -0.25) is 14.7 Å². The molecule has 0 aliphatic carbocycles. The van der Waals surface area contributed by atoms with Crippen molar-refractivity contribution in [1.29, 1.82) is 0 Å². The van der Waals surface area contributed by atoms with E-state index >= 15 is 0 Å². The highest BCUT2D eigenvalue weighted by Crippen LogP contribution is 2.27. The van der Waals surface area contributed by atoms with Crippen molar-refractivity contribution in [1.82, 2.24) is 24.6 Å². The first-order valence-corrected chi connectivity index (χ1v) is 11.8. The van der Waals surface area contributed by atoms with Gasteiger partial charge in [0.2, 0.25) is 5.95 Å². The van der Waals surface area contributed by atoms with Crippen molar-refractivity contribution in [3.8, 4) is 17.2 Å². The third-order valence-corrected chi connectivity index (χ3v) is 6.53. The molecule has 2 aromatic carbocycles. The van der Waals surface area contributed by atoms with Crippen molar-refractivity contribution in [2.24, 2.45) is 5.92 Å². The lowest BCUT2D eigenvalue weighted by molar-refractivity contribution is -0.149. The molecule has 0 saturated carbocycles. The van der Waals surface area contributed by atoms with Gasteiger partial charge in [-0.2, -0.15) is 4.68 Å². The van der Waals surface area contributed by atoms with Gasteiger partial charge in [0.05, 0.1) is 16.7 Å². The van der Waals surface area contributed by atoms with Crippen LogP contribution in [0.3, 0.4) is 0 Å². The molecule has 1 saturated heterocycles. The molecule has 1 aliphatic heterocycles. The molecule has 8 nitrogen and oxygen atoms in total. The van der Waals surface area contributed by atoms with Crippen LogP contribution in [0.5, 0.6) is 0 Å². The molecule has 1 aliphatic rings. The molecule has 1 amide bonds. The van der Waals surface area contributed by atoms with Gasteiger partial charge in [0.15, 0.2) is 0 Å². The van der Waals surface area contributed by atoms with Crippen LogP contribution in [-0.2, 0) is 11.2 Å². The minimum atomic E-state index is -1.44. The average Bonchev–Trinajstić information content (AvgIpc) is 3.40. The number of rotatable bonds is 5. The highest BCUT2D eigenvalue weighted by atomic mass is 19.1. The normalized spacial score (nSPS) is 16.7. The molecule has 3 N–H and O–H groups in total. The van der Waals surface area contributed by atoms with E-state index in [0.717, 1.165) is 23.9 Å². The molecule has 1 atom stereocenters. The largest absolute Gasteiger partial charge is 0.381 e. The SMILES string of the molecule is CC(C)(O)C(=O)N1CCCC(Cc2c(-c3ccc(F)cc3)[nH]n(-c3nc4ccccc4[nH]3)c2=O)C1. The second-order valence-electron chi connectivity index (χ2n) is 9.71. The molecule has 0 radical (unpaired) electrons. The number of aromatic nitrogens is 4. The zero-order valence-corrected chi connectivity index (χ0v) is 19.7. The molecule has 182 valence electrons. The van der Waals surface area contributed by atoms with Crippen LogP contribution in [0.15, 0.2) is 53.3 Å². The predicted molar refractivity (Wildman–Crippen MR) is 131 cm³/mol. The fourth-order valence-corrected chi connectivity index (χ4v) is 4.80. The van der Waals surface area contributed by atoms with Crippen LogP contribution >= 0.6 is 0 Å². The number of benzene rings is 2. The molecular weight excluding hydrogens is 449 g/mol. The van der Waals surface area contributed by atoms with Crippen LogP contribution in [0.25, 0.3) is 28.2 Å². The summed E-state index contributed by atoms with van der Waals surface area (Å²) in [5, 5.41) is 13.4. The van der Waals surface area contributed by atoms with Gasteiger partial charge < -0.3 is 15.0 Å². The van der Waals surface area contributed by atoms with Gasteiger partial charge in [0, 0.05) is 24.2 Å². The first kappa shape index (κ1) is 23.0. The Morgan fingerprint density at radius 2 is 1.94 bits per heavy atom. The van der Waals surface area contributed by atoms with Crippen molar-refractivity contribution in [2.45, 2.75) is 38.7 Å². The summed E-state index contributed by atoms with van der Waals surface area (Å²) in [6.07, 6.45) is 2.08. The zero-order chi connectivity index (χ0) is 24.7. The first-order valence-electron chi connectivity index (χ1n) is 11.8. The van der Waals surface area contributed by atoms with Crippen molar-refractivity contribution < 1.29 is 14.3 Å². The van der Waals surface area contributed by atoms with E-state index in [0.29, 0.717) is 42.3 Å². The summed E-state index contributed by atoms with van der Waals surface area (Å²) in [7, 11) is 0. The van der Waals surface area contributed by atoms with Crippen LogP contribution in [0.2, 0.25) is 0 Å². The number of aliphatic hydroxyl groups is 1. The fraction of sp³-hybridized carbons (Fsp3) is 0.346. The van der Waals surface area contributed by atoms with Gasteiger partial charge in [-0.1, -0.05) is 12.1 Å². The summed E-state index contributed by atoms with van der Waals surface area (Å²) in [6, 6.07) is 13.5. The number of hydrogen-bond acceptors (Lipinski definition) is 4. The number of carbonyl (C=O) groups excluding carboxylic acids is 1.